The second-order valence-electron chi connectivity index (χ2n) is 11.5. The standard InChI is InChI=1S/C37H33N3S/c1-22(2)29-19-26(25-11-7-6-8-12-25)20-30(23(3)4)35(29)40-32-21-38-18-17-31(32)39-37(40)28-16-15-24(5)34-27-13-9-10-14-33(27)41-36(28)34/h6-23H,1-5H3. The van der Waals surface area contributed by atoms with Crippen LogP contribution in [0.1, 0.15) is 56.2 Å². The monoisotopic (exact) mass is 551 g/mol. The molecule has 0 saturated carbocycles. The SMILES string of the molecule is Cc1ccc(-c2nc3ccncc3n2-c2c(C(C)C)cc(-c3ccccc3)cc2C(C)C)c2sc3ccccc3c12. The Morgan fingerprint density at radius 2 is 1.46 bits per heavy atom. The molecule has 0 aliphatic rings. The molecule has 0 amide bonds. The lowest BCUT2D eigenvalue weighted by atomic mass is 9.88. The molecule has 202 valence electrons. The highest BCUT2D eigenvalue weighted by atomic mass is 32.1. The van der Waals surface area contributed by atoms with Gasteiger partial charge in [-0.15, -0.1) is 11.3 Å². The summed E-state index contributed by atoms with van der Waals surface area (Å²) >= 11 is 1.86. The van der Waals surface area contributed by atoms with Crippen LogP contribution in [-0.2, 0) is 0 Å². The summed E-state index contributed by atoms with van der Waals surface area (Å²) < 4.78 is 4.99. The number of rotatable bonds is 5. The van der Waals surface area contributed by atoms with Crippen molar-refractivity contribution in [1.29, 1.82) is 0 Å². The summed E-state index contributed by atoms with van der Waals surface area (Å²) in [6.07, 6.45) is 3.82. The van der Waals surface area contributed by atoms with E-state index in [0.717, 1.165) is 16.9 Å². The van der Waals surface area contributed by atoms with E-state index in [1.807, 2.05) is 29.8 Å². The lowest BCUT2D eigenvalue weighted by molar-refractivity contribution is 0.811. The normalized spacial score (nSPS) is 12.0. The minimum atomic E-state index is 0.315. The largest absolute Gasteiger partial charge is 0.290 e. The van der Waals surface area contributed by atoms with Crippen molar-refractivity contribution in [2.45, 2.75) is 46.5 Å². The molecule has 3 aromatic heterocycles. The van der Waals surface area contributed by atoms with Gasteiger partial charge < -0.3 is 0 Å². The summed E-state index contributed by atoms with van der Waals surface area (Å²) in [5.41, 5.74) is 10.8. The molecule has 0 unspecified atom stereocenters. The topological polar surface area (TPSA) is 30.7 Å². The van der Waals surface area contributed by atoms with Gasteiger partial charge in [0, 0.05) is 31.9 Å². The van der Waals surface area contributed by atoms with Gasteiger partial charge in [-0.2, -0.15) is 0 Å². The quantitative estimate of drug-likeness (QED) is 0.213. The number of imidazole rings is 1. The van der Waals surface area contributed by atoms with E-state index in [9.17, 15) is 0 Å². The Kier molecular flexibility index (Phi) is 6.24. The molecule has 3 nitrogen and oxygen atoms in total. The Morgan fingerprint density at radius 3 is 2.20 bits per heavy atom. The molecule has 0 aliphatic heterocycles. The number of fused-ring (bicyclic) bond motifs is 4. The van der Waals surface area contributed by atoms with Gasteiger partial charge in [-0.1, -0.05) is 82.3 Å². The first-order valence-electron chi connectivity index (χ1n) is 14.4. The molecule has 4 heteroatoms. The van der Waals surface area contributed by atoms with E-state index >= 15 is 0 Å². The third kappa shape index (κ3) is 4.17. The number of pyridine rings is 1. The van der Waals surface area contributed by atoms with Crippen molar-refractivity contribution in [1.82, 2.24) is 14.5 Å². The van der Waals surface area contributed by atoms with Gasteiger partial charge in [0.2, 0.25) is 0 Å². The van der Waals surface area contributed by atoms with E-state index in [0.29, 0.717) is 11.8 Å². The molecule has 0 aliphatic carbocycles. The fourth-order valence-electron chi connectivity index (χ4n) is 6.12. The van der Waals surface area contributed by atoms with Crippen molar-refractivity contribution in [3.05, 3.63) is 114 Å². The Bertz CT molecular complexity index is 2030. The van der Waals surface area contributed by atoms with Crippen LogP contribution in [0.4, 0.5) is 0 Å². The smallest absolute Gasteiger partial charge is 0.147 e. The van der Waals surface area contributed by atoms with Crippen LogP contribution in [0, 0.1) is 6.92 Å². The van der Waals surface area contributed by atoms with Crippen LogP contribution in [0.5, 0.6) is 0 Å². The van der Waals surface area contributed by atoms with Crippen LogP contribution < -0.4 is 0 Å². The Balaban J connectivity index is 1.61. The van der Waals surface area contributed by atoms with Crippen LogP contribution in [0.15, 0.2) is 97.3 Å². The number of hydrogen-bond donors (Lipinski definition) is 0. The molecule has 0 N–H and O–H groups in total. The molecule has 0 atom stereocenters. The highest BCUT2D eigenvalue weighted by Gasteiger charge is 2.25. The zero-order valence-corrected chi connectivity index (χ0v) is 25.0. The molecule has 7 rings (SSSR count). The second-order valence-corrected chi connectivity index (χ2v) is 12.6. The number of aromatic nitrogens is 3. The Labute approximate surface area is 245 Å². The molecule has 3 heterocycles. The van der Waals surface area contributed by atoms with Gasteiger partial charge in [-0.25, -0.2) is 4.98 Å². The number of nitrogens with zero attached hydrogens (tertiary/aromatic N) is 3. The first-order valence-corrected chi connectivity index (χ1v) is 15.2. The maximum atomic E-state index is 5.32. The third-order valence-corrected chi connectivity index (χ3v) is 9.38. The predicted octanol–water partition coefficient (Wildman–Crippen LogP) is 10.7. The molecule has 7 aromatic rings. The molecule has 0 spiro atoms. The second kappa shape index (κ2) is 9.97. The lowest BCUT2D eigenvalue weighted by Crippen LogP contribution is -2.09. The maximum absolute atomic E-state index is 5.32. The van der Waals surface area contributed by atoms with Gasteiger partial charge in [0.15, 0.2) is 0 Å². The zero-order chi connectivity index (χ0) is 28.2. The minimum Gasteiger partial charge on any atom is -0.290 e. The van der Waals surface area contributed by atoms with Crippen molar-refractivity contribution in [2.75, 3.05) is 0 Å². The van der Waals surface area contributed by atoms with Crippen LogP contribution in [0.25, 0.3) is 59.4 Å². The summed E-state index contributed by atoms with van der Waals surface area (Å²) in [5.74, 6) is 1.60. The fourth-order valence-corrected chi connectivity index (χ4v) is 7.41. The Morgan fingerprint density at radius 1 is 0.756 bits per heavy atom. The summed E-state index contributed by atoms with van der Waals surface area (Å²) in [5, 5.41) is 2.64. The number of benzene rings is 4. The van der Waals surface area contributed by atoms with E-state index in [-0.39, 0.29) is 0 Å². The average molecular weight is 552 g/mol. The summed E-state index contributed by atoms with van der Waals surface area (Å²) in [7, 11) is 0. The molecular formula is C37H33N3S. The zero-order valence-electron chi connectivity index (χ0n) is 24.1. The Hall–Kier alpha value is -4.28. The molecule has 0 saturated heterocycles. The summed E-state index contributed by atoms with van der Waals surface area (Å²) in [4.78, 5) is 9.89. The van der Waals surface area contributed by atoms with Crippen molar-refractivity contribution in [3.8, 4) is 28.2 Å². The van der Waals surface area contributed by atoms with E-state index < -0.39 is 0 Å². The van der Waals surface area contributed by atoms with Crippen molar-refractivity contribution >= 4 is 42.5 Å². The highest BCUT2D eigenvalue weighted by Crippen LogP contribution is 2.44. The first-order chi connectivity index (χ1) is 19.9. The molecule has 41 heavy (non-hydrogen) atoms. The number of aryl methyl sites for hydroxylation is 1. The van der Waals surface area contributed by atoms with Crippen LogP contribution in [-0.4, -0.2) is 14.5 Å². The molecule has 0 fully saturated rings. The first kappa shape index (κ1) is 25.7. The van der Waals surface area contributed by atoms with Gasteiger partial charge in [-0.05, 0) is 76.9 Å². The van der Waals surface area contributed by atoms with Crippen LogP contribution in [0.2, 0.25) is 0 Å². The van der Waals surface area contributed by atoms with E-state index in [2.05, 4.69) is 123 Å². The van der Waals surface area contributed by atoms with Gasteiger partial charge >= 0.3 is 0 Å². The van der Waals surface area contributed by atoms with Gasteiger partial charge in [0.05, 0.1) is 22.9 Å². The van der Waals surface area contributed by atoms with E-state index in [4.69, 9.17) is 4.98 Å². The van der Waals surface area contributed by atoms with E-state index in [1.54, 1.807) is 0 Å². The fraction of sp³-hybridized carbons (Fsp3) is 0.189. The maximum Gasteiger partial charge on any atom is 0.147 e. The van der Waals surface area contributed by atoms with Crippen molar-refractivity contribution in [3.63, 3.8) is 0 Å². The lowest BCUT2D eigenvalue weighted by Gasteiger charge is -2.24. The predicted molar refractivity (Wildman–Crippen MR) is 176 cm³/mol. The van der Waals surface area contributed by atoms with Crippen LogP contribution in [0.3, 0.4) is 0 Å². The average Bonchev–Trinajstić information content (AvgIpc) is 3.56. The van der Waals surface area contributed by atoms with E-state index in [1.165, 1.54) is 59.2 Å². The summed E-state index contributed by atoms with van der Waals surface area (Å²) in [6.45, 7) is 11.4. The molecular weight excluding hydrogens is 518 g/mol. The molecule has 4 aromatic carbocycles. The minimum absolute atomic E-state index is 0.315. The van der Waals surface area contributed by atoms with Gasteiger partial charge in [0.1, 0.15) is 5.82 Å². The molecule has 0 bridgehead atoms. The van der Waals surface area contributed by atoms with Crippen molar-refractivity contribution < 1.29 is 0 Å². The summed E-state index contributed by atoms with van der Waals surface area (Å²) in [6, 6.07) is 30.8. The number of thiophene rings is 1. The molecule has 0 radical (unpaired) electrons. The van der Waals surface area contributed by atoms with Crippen LogP contribution >= 0.6 is 11.3 Å². The third-order valence-electron chi connectivity index (χ3n) is 8.18. The highest BCUT2D eigenvalue weighted by molar-refractivity contribution is 7.26. The van der Waals surface area contributed by atoms with Crippen molar-refractivity contribution in [2.24, 2.45) is 0 Å². The number of hydrogen-bond acceptors (Lipinski definition) is 3. The van der Waals surface area contributed by atoms with Gasteiger partial charge in [0.25, 0.3) is 0 Å². The van der Waals surface area contributed by atoms with Gasteiger partial charge in [-0.3, -0.25) is 9.55 Å².